The molecule has 1 aromatic carbocycles. The Bertz CT molecular complexity index is 334. The van der Waals surface area contributed by atoms with E-state index in [0.29, 0.717) is 17.5 Å². The Morgan fingerprint density at radius 1 is 1.33 bits per heavy atom. The minimum absolute atomic E-state index is 0.195. The third kappa shape index (κ3) is 3.43. The van der Waals surface area contributed by atoms with Crippen molar-refractivity contribution in [3.8, 4) is 5.75 Å². The predicted molar refractivity (Wildman–Crippen MR) is 48.4 cm³/mol. The van der Waals surface area contributed by atoms with E-state index < -0.39 is 6.36 Å². The lowest BCUT2D eigenvalue weighted by Crippen LogP contribution is -2.18. The molecule has 0 aliphatic heterocycles. The van der Waals surface area contributed by atoms with E-state index in [1.54, 1.807) is 6.92 Å². The molecule has 15 heavy (non-hydrogen) atoms. The smallest absolute Gasteiger partial charge is 0.406 e. The summed E-state index contributed by atoms with van der Waals surface area (Å²) in [6.45, 7) is 1.53. The summed E-state index contributed by atoms with van der Waals surface area (Å²) in [5.74, 6) is -0.206. The van der Waals surface area contributed by atoms with Crippen LogP contribution in [0.1, 0.15) is 18.1 Å². The van der Waals surface area contributed by atoms with Gasteiger partial charge in [0.25, 0.3) is 0 Å². The van der Waals surface area contributed by atoms with Crippen LogP contribution in [-0.2, 0) is 13.0 Å². The first-order chi connectivity index (χ1) is 6.96. The summed E-state index contributed by atoms with van der Waals surface area (Å²) in [6, 6.07) is 4.12. The zero-order valence-electron chi connectivity index (χ0n) is 8.14. The topological polar surface area (TPSA) is 29.5 Å². The lowest BCUT2D eigenvalue weighted by molar-refractivity contribution is -0.274. The zero-order valence-corrected chi connectivity index (χ0v) is 8.14. The van der Waals surface area contributed by atoms with Crippen LogP contribution in [0.3, 0.4) is 0 Å². The highest BCUT2D eigenvalue weighted by Crippen LogP contribution is 2.27. The maximum Gasteiger partial charge on any atom is 0.573 e. The van der Waals surface area contributed by atoms with Crippen molar-refractivity contribution in [3.05, 3.63) is 29.3 Å². The number of halogens is 3. The summed E-state index contributed by atoms with van der Waals surface area (Å²) in [5.41, 5.74) is 1.00. The lowest BCUT2D eigenvalue weighted by atomic mass is 10.1. The Morgan fingerprint density at radius 3 is 2.47 bits per heavy atom. The van der Waals surface area contributed by atoms with Crippen molar-refractivity contribution in [2.75, 3.05) is 0 Å². The number of benzene rings is 1. The van der Waals surface area contributed by atoms with Crippen LogP contribution >= 0.6 is 0 Å². The van der Waals surface area contributed by atoms with Crippen LogP contribution in [0.2, 0.25) is 0 Å². The molecule has 0 aliphatic rings. The Hall–Kier alpha value is -1.23. The molecule has 0 spiro atoms. The molecule has 0 radical (unpaired) electrons. The van der Waals surface area contributed by atoms with Gasteiger partial charge in [0.05, 0.1) is 6.61 Å². The summed E-state index contributed by atoms with van der Waals surface area (Å²) in [5, 5.41) is 8.82. The molecule has 0 heterocycles. The van der Waals surface area contributed by atoms with E-state index in [1.807, 2.05) is 0 Å². The Labute approximate surface area is 85.3 Å². The van der Waals surface area contributed by atoms with E-state index in [1.165, 1.54) is 18.2 Å². The molecule has 0 aliphatic carbocycles. The van der Waals surface area contributed by atoms with Crippen LogP contribution < -0.4 is 4.74 Å². The minimum Gasteiger partial charge on any atom is -0.406 e. The first-order valence-corrected chi connectivity index (χ1v) is 4.44. The number of hydrogen-bond donors (Lipinski definition) is 1. The van der Waals surface area contributed by atoms with E-state index >= 15 is 0 Å². The van der Waals surface area contributed by atoms with Gasteiger partial charge in [0.2, 0.25) is 0 Å². The first kappa shape index (κ1) is 11.8. The van der Waals surface area contributed by atoms with Crippen molar-refractivity contribution in [2.45, 2.75) is 26.3 Å². The molecule has 0 unspecified atom stereocenters. The van der Waals surface area contributed by atoms with E-state index in [2.05, 4.69) is 4.74 Å². The normalized spacial score (nSPS) is 11.5. The fraction of sp³-hybridized carbons (Fsp3) is 0.400. The van der Waals surface area contributed by atoms with Gasteiger partial charge in [-0.15, -0.1) is 13.2 Å². The SMILES string of the molecule is CCc1cc(CO)ccc1OC(F)(F)F. The summed E-state index contributed by atoms with van der Waals surface area (Å²) in [7, 11) is 0. The maximum atomic E-state index is 12.0. The second-order valence-electron chi connectivity index (χ2n) is 3.00. The summed E-state index contributed by atoms with van der Waals surface area (Å²) >= 11 is 0. The molecule has 5 heteroatoms. The highest BCUT2D eigenvalue weighted by molar-refractivity contribution is 5.37. The van der Waals surface area contributed by atoms with Gasteiger partial charge in [-0.25, -0.2) is 0 Å². The lowest BCUT2D eigenvalue weighted by Gasteiger charge is -2.13. The van der Waals surface area contributed by atoms with Gasteiger partial charge in [0.1, 0.15) is 5.75 Å². The van der Waals surface area contributed by atoms with Gasteiger partial charge in [-0.05, 0) is 29.7 Å². The van der Waals surface area contributed by atoms with E-state index in [9.17, 15) is 13.2 Å². The molecule has 2 nitrogen and oxygen atoms in total. The molecular formula is C10H11F3O2. The van der Waals surface area contributed by atoms with Gasteiger partial charge in [0.15, 0.2) is 0 Å². The third-order valence-corrected chi connectivity index (χ3v) is 1.91. The van der Waals surface area contributed by atoms with E-state index in [0.717, 1.165) is 0 Å². The Morgan fingerprint density at radius 2 is 2.00 bits per heavy atom. The van der Waals surface area contributed by atoms with Gasteiger partial charge in [-0.1, -0.05) is 13.0 Å². The molecule has 0 atom stereocenters. The molecule has 0 amide bonds. The van der Waals surface area contributed by atoms with Crippen LogP contribution in [-0.4, -0.2) is 11.5 Å². The average molecular weight is 220 g/mol. The van der Waals surface area contributed by atoms with Crippen molar-refractivity contribution < 1.29 is 23.0 Å². The van der Waals surface area contributed by atoms with Crippen molar-refractivity contribution in [1.82, 2.24) is 0 Å². The quantitative estimate of drug-likeness (QED) is 0.848. The van der Waals surface area contributed by atoms with Gasteiger partial charge < -0.3 is 9.84 Å². The van der Waals surface area contributed by atoms with E-state index in [4.69, 9.17) is 5.11 Å². The molecule has 1 rings (SSSR count). The van der Waals surface area contributed by atoms with Crippen LogP contribution in [0.4, 0.5) is 13.2 Å². The number of hydrogen-bond acceptors (Lipinski definition) is 2. The Balaban J connectivity index is 2.97. The fourth-order valence-corrected chi connectivity index (χ4v) is 1.23. The van der Waals surface area contributed by atoms with Gasteiger partial charge in [-0.3, -0.25) is 0 Å². The molecule has 0 fully saturated rings. The van der Waals surface area contributed by atoms with Gasteiger partial charge >= 0.3 is 6.36 Å². The maximum absolute atomic E-state index is 12.0. The number of aryl methyl sites for hydroxylation is 1. The first-order valence-electron chi connectivity index (χ1n) is 4.44. The van der Waals surface area contributed by atoms with Crippen LogP contribution in [0.15, 0.2) is 18.2 Å². The Kier molecular flexibility index (Phi) is 3.57. The van der Waals surface area contributed by atoms with Crippen molar-refractivity contribution in [3.63, 3.8) is 0 Å². The third-order valence-electron chi connectivity index (χ3n) is 1.91. The number of ether oxygens (including phenoxy) is 1. The fourth-order valence-electron chi connectivity index (χ4n) is 1.23. The van der Waals surface area contributed by atoms with Crippen molar-refractivity contribution >= 4 is 0 Å². The molecule has 1 N–H and O–H groups in total. The van der Waals surface area contributed by atoms with Gasteiger partial charge in [-0.2, -0.15) is 0 Å². The molecule has 0 aromatic heterocycles. The molecular weight excluding hydrogens is 209 g/mol. The number of aliphatic hydroxyl groups is 1. The van der Waals surface area contributed by atoms with Crippen molar-refractivity contribution in [1.29, 1.82) is 0 Å². The standard InChI is InChI=1S/C10H11F3O2/c1-2-8-5-7(6-14)3-4-9(8)15-10(11,12)13/h3-5,14H,2,6H2,1H3. The summed E-state index contributed by atoms with van der Waals surface area (Å²) in [6.07, 6.45) is -4.26. The van der Waals surface area contributed by atoms with Crippen LogP contribution in [0.25, 0.3) is 0 Å². The molecule has 0 saturated carbocycles. The summed E-state index contributed by atoms with van der Waals surface area (Å²) in [4.78, 5) is 0. The van der Waals surface area contributed by atoms with Crippen LogP contribution in [0.5, 0.6) is 5.75 Å². The number of rotatable bonds is 3. The number of alkyl halides is 3. The van der Waals surface area contributed by atoms with Gasteiger partial charge in [0, 0.05) is 0 Å². The molecule has 84 valence electrons. The van der Waals surface area contributed by atoms with Crippen LogP contribution in [0, 0.1) is 0 Å². The second kappa shape index (κ2) is 4.53. The monoisotopic (exact) mass is 220 g/mol. The van der Waals surface area contributed by atoms with E-state index in [-0.39, 0.29) is 12.4 Å². The molecule has 1 aromatic rings. The molecule has 0 bridgehead atoms. The average Bonchev–Trinajstić information content (AvgIpc) is 2.16. The highest BCUT2D eigenvalue weighted by Gasteiger charge is 2.31. The zero-order chi connectivity index (χ0) is 11.5. The molecule has 0 saturated heterocycles. The minimum atomic E-state index is -4.68. The number of aliphatic hydroxyl groups excluding tert-OH is 1. The summed E-state index contributed by atoms with van der Waals surface area (Å²) < 4.78 is 39.7. The predicted octanol–water partition coefficient (Wildman–Crippen LogP) is 2.64. The highest BCUT2D eigenvalue weighted by atomic mass is 19.4. The van der Waals surface area contributed by atoms with Crippen molar-refractivity contribution in [2.24, 2.45) is 0 Å². The second-order valence-corrected chi connectivity index (χ2v) is 3.00. The largest absolute Gasteiger partial charge is 0.573 e.